The fraction of sp³-hybridized carbons (Fsp3) is 0.667. The molecule has 1 saturated heterocycles. The molecule has 1 spiro atoms. The van der Waals surface area contributed by atoms with Crippen molar-refractivity contribution < 1.29 is 19.0 Å². The van der Waals surface area contributed by atoms with Crippen LogP contribution in [0.3, 0.4) is 0 Å². The fourth-order valence-electron chi connectivity index (χ4n) is 3.16. The van der Waals surface area contributed by atoms with Crippen LogP contribution in [-0.4, -0.2) is 50.0 Å². The average Bonchev–Trinajstić information content (AvgIpc) is 3.16. The molecule has 0 unspecified atom stereocenters. The van der Waals surface area contributed by atoms with Crippen LogP contribution in [0.2, 0.25) is 0 Å². The van der Waals surface area contributed by atoms with Crippen molar-refractivity contribution in [1.29, 1.82) is 0 Å². The molecule has 1 aromatic heterocycles. The first-order valence-electron chi connectivity index (χ1n) is 7.32. The number of hydrogen-bond acceptors (Lipinski definition) is 5. The molecule has 0 atom stereocenters. The fourth-order valence-corrected chi connectivity index (χ4v) is 4.00. The van der Waals surface area contributed by atoms with E-state index in [-0.39, 0.29) is 17.7 Å². The Kier molecular flexibility index (Phi) is 4.19. The van der Waals surface area contributed by atoms with E-state index in [1.165, 1.54) is 11.3 Å². The lowest BCUT2D eigenvalue weighted by Gasteiger charge is -2.38. The molecule has 116 valence electrons. The van der Waals surface area contributed by atoms with Crippen molar-refractivity contribution in [2.24, 2.45) is 0 Å². The summed E-state index contributed by atoms with van der Waals surface area (Å²) in [6.07, 6.45) is 3.54. The van der Waals surface area contributed by atoms with Crippen LogP contribution >= 0.6 is 11.3 Å². The van der Waals surface area contributed by atoms with Gasteiger partial charge in [0.15, 0.2) is 5.79 Å². The van der Waals surface area contributed by atoms with Gasteiger partial charge in [0.2, 0.25) is 0 Å². The molecule has 1 aromatic rings. The Bertz CT molecular complexity index is 500. The molecule has 0 N–H and O–H groups in total. The normalized spacial score (nSPS) is 21.6. The number of thiophene rings is 1. The third-order valence-electron chi connectivity index (χ3n) is 4.44. The number of carbonyl (C=O) groups excluding carboxylic acids is 1. The van der Waals surface area contributed by atoms with Crippen LogP contribution in [0, 0.1) is 0 Å². The van der Waals surface area contributed by atoms with Crippen molar-refractivity contribution >= 4 is 17.2 Å². The summed E-state index contributed by atoms with van der Waals surface area (Å²) in [6, 6.07) is 2.07. The van der Waals surface area contributed by atoms with Crippen LogP contribution in [0.25, 0.3) is 0 Å². The molecule has 0 bridgehead atoms. The second-order valence-corrected chi connectivity index (χ2v) is 6.49. The number of amides is 1. The van der Waals surface area contributed by atoms with Gasteiger partial charge in [0.05, 0.1) is 20.3 Å². The van der Waals surface area contributed by atoms with E-state index in [0.717, 1.165) is 25.7 Å². The summed E-state index contributed by atoms with van der Waals surface area (Å²) in [4.78, 5) is 15.1. The zero-order valence-corrected chi connectivity index (χ0v) is 13.3. The summed E-state index contributed by atoms with van der Waals surface area (Å²) >= 11 is 1.43. The molecule has 1 aliphatic heterocycles. The Morgan fingerprint density at radius 1 is 1.38 bits per heavy atom. The van der Waals surface area contributed by atoms with Gasteiger partial charge in [-0.15, -0.1) is 11.3 Å². The van der Waals surface area contributed by atoms with Gasteiger partial charge in [-0.25, -0.2) is 0 Å². The number of hydrogen-bond donors (Lipinski definition) is 0. The maximum Gasteiger partial charge on any atom is 0.267 e. The van der Waals surface area contributed by atoms with Gasteiger partial charge in [0, 0.05) is 25.9 Å². The SMILES string of the molecule is COc1ccsc1C(=O)N(C)C1CCC2(CC1)OCCO2. The second kappa shape index (κ2) is 5.94. The van der Waals surface area contributed by atoms with Gasteiger partial charge < -0.3 is 19.1 Å². The largest absolute Gasteiger partial charge is 0.495 e. The molecule has 2 heterocycles. The molecule has 5 nitrogen and oxygen atoms in total. The molecular weight excluding hydrogens is 290 g/mol. The number of rotatable bonds is 3. The number of methoxy groups -OCH3 is 1. The predicted octanol–water partition coefficient (Wildman–Crippen LogP) is 2.51. The molecule has 0 radical (unpaired) electrons. The van der Waals surface area contributed by atoms with Crippen LogP contribution in [0.1, 0.15) is 35.4 Å². The number of carbonyl (C=O) groups is 1. The molecule has 1 aliphatic carbocycles. The standard InChI is InChI=1S/C15H21NO4S/c1-16(14(17)13-12(18-2)5-10-21-13)11-3-6-15(7-4-11)19-8-9-20-15/h5,10-11H,3-4,6-9H2,1-2H3. The van der Waals surface area contributed by atoms with E-state index >= 15 is 0 Å². The molecule has 2 aliphatic rings. The summed E-state index contributed by atoms with van der Waals surface area (Å²) in [7, 11) is 3.47. The Morgan fingerprint density at radius 3 is 2.67 bits per heavy atom. The van der Waals surface area contributed by atoms with E-state index in [2.05, 4.69) is 0 Å². The Balaban J connectivity index is 1.63. The Hall–Kier alpha value is -1.11. The van der Waals surface area contributed by atoms with Crippen LogP contribution < -0.4 is 4.74 Å². The van der Waals surface area contributed by atoms with E-state index < -0.39 is 0 Å². The van der Waals surface area contributed by atoms with Crippen molar-refractivity contribution in [3.8, 4) is 5.75 Å². The molecule has 3 rings (SSSR count). The zero-order chi connectivity index (χ0) is 14.9. The van der Waals surface area contributed by atoms with Crippen molar-refractivity contribution in [3.05, 3.63) is 16.3 Å². The summed E-state index contributed by atoms with van der Waals surface area (Å²) in [5.74, 6) is 0.323. The zero-order valence-electron chi connectivity index (χ0n) is 12.5. The van der Waals surface area contributed by atoms with E-state index in [9.17, 15) is 4.79 Å². The van der Waals surface area contributed by atoms with Crippen LogP contribution in [0.4, 0.5) is 0 Å². The van der Waals surface area contributed by atoms with Gasteiger partial charge in [-0.2, -0.15) is 0 Å². The van der Waals surface area contributed by atoms with Crippen molar-refractivity contribution in [1.82, 2.24) is 4.90 Å². The summed E-state index contributed by atoms with van der Waals surface area (Å²) in [5, 5.41) is 1.88. The van der Waals surface area contributed by atoms with Gasteiger partial charge >= 0.3 is 0 Å². The number of nitrogens with zero attached hydrogens (tertiary/aromatic N) is 1. The molecule has 1 saturated carbocycles. The van der Waals surface area contributed by atoms with Gasteiger partial charge in [-0.1, -0.05) is 0 Å². The smallest absolute Gasteiger partial charge is 0.267 e. The first kappa shape index (κ1) is 14.8. The second-order valence-electron chi connectivity index (χ2n) is 5.57. The lowest BCUT2D eigenvalue weighted by Crippen LogP contribution is -2.44. The Morgan fingerprint density at radius 2 is 2.05 bits per heavy atom. The molecule has 2 fully saturated rings. The summed E-state index contributed by atoms with van der Waals surface area (Å²) in [6.45, 7) is 1.37. The maximum atomic E-state index is 12.6. The van der Waals surface area contributed by atoms with Crippen molar-refractivity contribution in [3.63, 3.8) is 0 Å². The minimum atomic E-state index is -0.374. The third kappa shape index (κ3) is 2.80. The topological polar surface area (TPSA) is 48.0 Å². The highest BCUT2D eigenvalue weighted by molar-refractivity contribution is 7.12. The summed E-state index contributed by atoms with van der Waals surface area (Å²) < 4.78 is 16.7. The van der Waals surface area contributed by atoms with Gasteiger partial charge in [-0.3, -0.25) is 4.79 Å². The highest BCUT2D eigenvalue weighted by Gasteiger charge is 2.41. The molecule has 21 heavy (non-hydrogen) atoms. The molecule has 0 aromatic carbocycles. The minimum Gasteiger partial charge on any atom is -0.495 e. The van der Waals surface area contributed by atoms with Crippen molar-refractivity contribution in [2.45, 2.75) is 37.5 Å². The highest BCUT2D eigenvalue weighted by Crippen LogP contribution is 2.38. The van der Waals surface area contributed by atoms with Gasteiger partial charge in [-0.05, 0) is 24.3 Å². The third-order valence-corrected chi connectivity index (χ3v) is 5.33. The molecule has 1 amide bonds. The van der Waals surface area contributed by atoms with Gasteiger partial charge in [0.25, 0.3) is 5.91 Å². The lowest BCUT2D eigenvalue weighted by atomic mass is 9.89. The van der Waals surface area contributed by atoms with E-state index in [4.69, 9.17) is 14.2 Å². The first-order valence-corrected chi connectivity index (χ1v) is 8.20. The first-order chi connectivity index (χ1) is 10.2. The minimum absolute atomic E-state index is 0.0380. The van der Waals surface area contributed by atoms with E-state index in [0.29, 0.717) is 23.8 Å². The summed E-state index contributed by atoms with van der Waals surface area (Å²) in [5.41, 5.74) is 0. The highest BCUT2D eigenvalue weighted by atomic mass is 32.1. The lowest BCUT2D eigenvalue weighted by molar-refractivity contribution is -0.182. The average molecular weight is 311 g/mol. The predicted molar refractivity (Wildman–Crippen MR) is 79.9 cm³/mol. The van der Waals surface area contributed by atoms with Crippen LogP contribution in [0.15, 0.2) is 11.4 Å². The molecular formula is C15H21NO4S. The monoisotopic (exact) mass is 311 g/mol. The quantitative estimate of drug-likeness (QED) is 0.860. The van der Waals surface area contributed by atoms with E-state index in [1.54, 1.807) is 7.11 Å². The maximum absolute atomic E-state index is 12.6. The van der Waals surface area contributed by atoms with E-state index in [1.807, 2.05) is 23.4 Å². The van der Waals surface area contributed by atoms with Crippen LogP contribution in [0.5, 0.6) is 5.75 Å². The molecule has 6 heteroatoms. The number of ether oxygens (including phenoxy) is 3. The Labute approximate surface area is 128 Å². The van der Waals surface area contributed by atoms with Gasteiger partial charge in [0.1, 0.15) is 10.6 Å². The van der Waals surface area contributed by atoms with Crippen molar-refractivity contribution in [2.75, 3.05) is 27.4 Å². The van der Waals surface area contributed by atoms with Crippen LogP contribution in [-0.2, 0) is 9.47 Å².